The average molecular weight is 427 g/mol. The minimum Gasteiger partial charge on any atom is -0.484 e. The highest BCUT2D eigenvalue weighted by Crippen LogP contribution is 2.26. The highest BCUT2D eigenvalue weighted by atomic mass is 35.5. The second-order valence-corrected chi connectivity index (χ2v) is 7.83. The first kappa shape index (κ1) is 19.5. The number of ether oxygens (including phenoxy) is 1. The lowest BCUT2D eigenvalue weighted by Crippen LogP contribution is -2.04. The van der Waals surface area contributed by atoms with Crippen molar-refractivity contribution in [2.45, 2.75) is 24.4 Å². The topological polar surface area (TPSA) is 66.0 Å². The number of halogens is 1. The maximum Gasteiger partial charge on any atom is 0.226 e. The van der Waals surface area contributed by atoms with Crippen molar-refractivity contribution in [3.05, 3.63) is 76.9 Å². The van der Waals surface area contributed by atoms with Crippen LogP contribution in [0.25, 0.3) is 11.5 Å². The highest BCUT2D eigenvalue weighted by Gasteiger charge is 2.13. The lowest BCUT2D eigenvalue weighted by molar-refractivity contribution is 0.290. The second-order valence-electron chi connectivity index (χ2n) is 6.48. The standard InChI is InChI=1S/C21H19ClN4O2S/c1-14-7-9-15(10-8-14)20-23-16(11-28-20)13-29-21-25-24-19(26(21)2)12-27-18-6-4-3-5-17(18)22/h3-11H,12-13H2,1-2H3. The third-order valence-corrected chi connectivity index (χ3v) is 5.68. The van der Waals surface area contributed by atoms with Crippen LogP contribution in [0.4, 0.5) is 0 Å². The highest BCUT2D eigenvalue weighted by molar-refractivity contribution is 7.98. The molecule has 0 N–H and O–H groups in total. The summed E-state index contributed by atoms with van der Waals surface area (Å²) in [5, 5.41) is 9.81. The molecule has 0 bridgehead atoms. The molecule has 0 aliphatic carbocycles. The van der Waals surface area contributed by atoms with Crippen molar-refractivity contribution in [2.24, 2.45) is 7.05 Å². The molecular weight excluding hydrogens is 408 g/mol. The Morgan fingerprint density at radius 1 is 1.10 bits per heavy atom. The maximum absolute atomic E-state index is 6.12. The number of aromatic nitrogens is 4. The van der Waals surface area contributed by atoms with Gasteiger partial charge in [0.2, 0.25) is 5.89 Å². The Hall–Kier alpha value is -2.77. The molecule has 2 heterocycles. The van der Waals surface area contributed by atoms with Crippen LogP contribution < -0.4 is 4.74 Å². The van der Waals surface area contributed by atoms with Gasteiger partial charge in [-0.3, -0.25) is 0 Å². The van der Waals surface area contributed by atoms with Gasteiger partial charge in [0, 0.05) is 18.4 Å². The van der Waals surface area contributed by atoms with Gasteiger partial charge in [0.25, 0.3) is 0 Å². The van der Waals surface area contributed by atoms with Gasteiger partial charge < -0.3 is 13.7 Å². The maximum atomic E-state index is 6.12. The van der Waals surface area contributed by atoms with E-state index in [0.717, 1.165) is 16.4 Å². The van der Waals surface area contributed by atoms with Gasteiger partial charge in [-0.1, -0.05) is 53.2 Å². The fourth-order valence-electron chi connectivity index (χ4n) is 2.64. The van der Waals surface area contributed by atoms with Crippen molar-refractivity contribution >= 4 is 23.4 Å². The fourth-order valence-corrected chi connectivity index (χ4v) is 3.64. The van der Waals surface area contributed by atoms with Crippen LogP contribution >= 0.6 is 23.4 Å². The Morgan fingerprint density at radius 3 is 2.69 bits per heavy atom. The normalized spacial score (nSPS) is 11.0. The van der Waals surface area contributed by atoms with Crippen LogP contribution in [-0.4, -0.2) is 19.7 Å². The SMILES string of the molecule is Cc1ccc(-c2nc(CSc3nnc(COc4ccccc4Cl)n3C)co2)cc1. The average Bonchev–Trinajstić information content (AvgIpc) is 3.33. The molecule has 0 aliphatic heterocycles. The molecule has 0 atom stereocenters. The summed E-state index contributed by atoms with van der Waals surface area (Å²) < 4.78 is 13.3. The summed E-state index contributed by atoms with van der Waals surface area (Å²) in [6.45, 7) is 2.34. The second kappa shape index (κ2) is 8.71. The summed E-state index contributed by atoms with van der Waals surface area (Å²) >= 11 is 7.66. The first-order chi connectivity index (χ1) is 14.1. The molecule has 0 amide bonds. The van der Waals surface area contributed by atoms with E-state index in [1.165, 1.54) is 5.56 Å². The zero-order valence-electron chi connectivity index (χ0n) is 16.0. The zero-order chi connectivity index (χ0) is 20.2. The van der Waals surface area contributed by atoms with Gasteiger partial charge in [-0.15, -0.1) is 10.2 Å². The smallest absolute Gasteiger partial charge is 0.226 e. The molecule has 0 radical (unpaired) electrons. The fraction of sp³-hybridized carbons (Fsp3) is 0.190. The van der Waals surface area contributed by atoms with Gasteiger partial charge in [0.1, 0.15) is 18.6 Å². The van der Waals surface area contributed by atoms with E-state index in [1.807, 2.05) is 54.1 Å². The number of nitrogens with zero attached hydrogens (tertiary/aromatic N) is 4. The summed E-state index contributed by atoms with van der Waals surface area (Å²) in [4.78, 5) is 4.56. The molecule has 2 aromatic carbocycles. The van der Waals surface area contributed by atoms with Gasteiger partial charge in [-0.05, 0) is 31.2 Å². The Balaban J connectivity index is 1.37. The van der Waals surface area contributed by atoms with Gasteiger partial charge >= 0.3 is 0 Å². The molecular formula is C21H19ClN4O2S. The zero-order valence-corrected chi connectivity index (χ0v) is 17.6. The lowest BCUT2D eigenvalue weighted by Gasteiger charge is -2.07. The molecule has 0 fully saturated rings. The van der Waals surface area contributed by atoms with E-state index in [4.69, 9.17) is 20.8 Å². The molecule has 29 heavy (non-hydrogen) atoms. The molecule has 4 rings (SSSR count). The van der Waals surface area contributed by atoms with Crippen LogP contribution in [0.5, 0.6) is 5.75 Å². The van der Waals surface area contributed by atoms with E-state index < -0.39 is 0 Å². The van der Waals surface area contributed by atoms with Gasteiger partial charge in [-0.25, -0.2) is 4.98 Å². The summed E-state index contributed by atoms with van der Waals surface area (Å²) in [5.74, 6) is 2.59. The van der Waals surface area contributed by atoms with E-state index in [1.54, 1.807) is 24.1 Å². The number of benzene rings is 2. The predicted octanol–water partition coefficient (Wildman–Crippen LogP) is 5.30. The largest absolute Gasteiger partial charge is 0.484 e. The predicted molar refractivity (Wildman–Crippen MR) is 113 cm³/mol. The summed E-state index contributed by atoms with van der Waals surface area (Å²) in [6.07, 6.45) is 1.68. The molecule has 0 spiro atoms. The van der Waals surface area contributed by atoms with Crippen molar-refractivity contribution in [2.75, 3.05) is 0 Å². The van der Waals surface area contributed by atoms with Crippen molar-refractivity contribution < 1.29 is 9.15 Å². The van der Waals surface area contributed by atoms with E-state index >= 15 is 0 Å². The minimum atomic E-state index is 0.287. The first-order valence-electron chi connectivity index (χ1n) is 9.00. The number of hydrogen-bond acceptors (Lipinski definition) is 6. The monoisotopic (exact) mass is 426 g/mol. The summed E-state index contributed by atoms with van der Waals surface area (Å²) in [6, 6.07) is 15.4. The number of oxazole rings is 1. The van der Waals surface area contributed by atoms with E-state index in [0.29, 0.717) is 28.2 Å². The molecule has 148 valence electrons. The molecule has 0 aliphatic rings. The summed E-state index contributed by atoms with van der Waals surface area (Å²) in [5.41, 5.74) is 3.01. The Morgan fingerprint density at radius 2 is 1.90 bits per heavy atom. The number of thioether (sulfide) groups is 1. The van der Waals surface area contributed by atoms with Crippen LogP contribution in [0.3, 0.4) is 0 Å². The molecule has 8 heteroatoms. The number of para-hydroxylation sites is 1. The van der Waals surface area contributed by atoms with Crippen molar-refractivity contribution in [3.63, 3.8) is 0 Å². The molecule has 0 saturated heterocycles. The van der Waals surface area contributed by atoms with Crippen LogP contribution in [-0.2, 0) is 19.4 Å². The van der Waals surface area contributed by atoms with Crippen LogP contribution in [0.1, 0.15) is 17.1 Å². The van der Waals surface area contributed by atoms with E-state index in [-0.39, 0.29) is 6.61 Å². The molecule has 0 unspecified atom stereocenters. The molecule has 4 aromatic rings. The Kier molecular flexibility index (Phi) is 5.87. The quantitative estimate of drug-likeness (QED) is 0.373. The third kappa shape index (κ3) is 4.63. The molecule has 6 nitrogen and oxygen atoms in total. The van der Waals surface area contributed by atoms with Crippen molar-refractivity contribution in [1.29, 1.82) is 0 Å². The Bertz CT molecular complexity index is 1110. The summed E-state index contributed by atoms with van der Waals surface area (Å²) in [7, 11) is 1.91. The van der Waals surface area contributed by atoms with Crippen molar-refractivity contribution in [1.82, 2.24) is 19.7 Å². The first-order valence-corrected chi connectivity index (χ1v) is 10.4. The van der Waals surface area contributed by atoms with Gasteiger partial charge in [-0.2, -0.15) is 0 Å². The number of rotatable bonds is 7. The van der Waals surface area contributed by atoms with Gasteiger partial charge in [0.05, 0.1) is 10.7 Å². The Labute approximate surface area is 177 Å². The van der Waals surface area contributed by atoms with Gasteiger partial charge in [0.15, 0.2) is 11.0 Å². The van der Waals surface area contributed by atoms with Crippen molar-refractivity contribution in [3.8, 4) is 17.2 Å². The van der Waals surface area contributed by atoms with Crippen LogP contribution in [0.2, 0.25) is 5.02 Å². The number of aryl methyl sites for hydroxylation is 1. The van der Waals surface area contributed by atoms with E-state index in [2.05, 4.69) is 22.1 Å². The third-order valence-electron chi connectivity index (χ3n) is 4.32. The lowest BCUT2D eigenvalue weighted by atomic mass is 10.1. The van der Waals surface area contributed by atoms with Crippen LogP contribution in [0.15, 0.2) is 64.4 Å². The molecule has 0 saturated carbocycles. The number of hydrogen-bond donors (Lipinski definition) is 0. The minimum absolute atomic E-state index is 0.287. The van der Waals surface area contributed by atoms with Crippen LogP contribution in [0, 0.1) is 6.92 Å². The molecule has 2 aromatic heterocycles. The van der Waals surface area contributed by atoms with E-state index in [9.17, 15) is 0 Å².